The van der Waals surface area contributed by atoms with Gasteiger partial charge in [0.1, 0.15) is 12.4 Å². The van der Waals surface area contributed by atoms with Gasteiger partial charge >= 0.3 is 0 Å². The van der Waals surface area contributed by atoms with E-state index in [-0.39, 0.29) is 10.6 Å². The molecule has 0 bridgehead atoms. The number of aliphatic imine (C=N–C) groups is 1. The molecule has 0 saturated heterocycles. The molecule has 2 nitrogen and oxygen atoms in total. The highest BCUT2D eigenvalue weighted by molar-refractivity contribution is 7.49. The fourth-order valence-corrected chi connectivity index (χ4v) is 6.95. The van der Waals surface area contributed by atoms with Gasteiger partial charge in [0.25, 0.3) is 0 Å². The summed E-state index contributed by atoms with van der Waals surface area (Å²) in [5, 5.41) is 1.26. The predicted octanol–water partition coefficient (Wildman–Crippen LogP) is 9.28. The van der Waals surface area contributed by atoms with E-state index in [1.165, 1.54) is 38.7 Å². The molecule has 0 radical (unpaired) electrons. The van der Waals surface area contributed by atoms with Crippen LogP contribution in [0.5, 0.6) is 5.75 Å². The van der Waals surface area contributed by atoms with E-state index in [4.69, 9.17) is 9.73 Å². The Bertz CT molecular complexity index is 1470. The van der Waals surface area contributed by atoms with Crippen LogP contribution >= 0.6 is 8.58 Å². The maximum atomic E-state index is 6.80. The number of rotatable bonds is 9. The summed E-state index contributed by atoms with van der Waals surface area (Å²) in [5.41, 5.74) is 9.72. The minimum absolute atomic E-state index is 0.0479. The van der Waals surface area contributed by atoms with E-state index in [2.05, 4.69) is 139 Å². The monoisotopic (exact) mass is 549 g/mol. The maximum absolute atomic E-state index is 6.80. The van der Waals surface area contributed by atoms with Crippen molar-refractivity contribution in [1.82, 2.24) is 0 Å². The van der Waals surface area contributed by atoms with E-state index in [0.717, 1.165) is 23.4 Å². The SMILES string of the molecule is CCC(C)(Pc1c(C)cccc1/C(=N/C)c1ccccc1)c1cc(C)cc(C(C)(C)C)c1OCc1ccccc1. The average molecular weight is 550 g/mol. The van der Waals surface area contributed by atoms with Gasteiger partial charge in [0.15, 0.2) is 0 Å². The number of hydrogen-bond donors (Lipinski definition) is 0. The van der Waals surface area contributed by atoms with Gasteiger partial charge in [-0.2, -0.15) is 0 Å². The zero-order chi connectivity index (χ0) is 28.9. The zero-order valence-corrected chi connectivity index (χ0v) is 26.4. The lowest BCUT2D eigenvalue weighted by Crippen LogP contribution is -2.26. The predicted molar refractivity (Wildman–Crippen MR) is 175 cm³/mol. The summed E-state index contributed by atoms with van der Waals surface area (Å²) in [5.74, 6) is 1.04. The third-order valence-corrected chi connectivity index (χ3v) is 9.86. The summed E-state index contributed by atoms with van der Waals surface area (Å²) in [7, 11) is 2.45. The van der Waals surface area contributed by atoms with Gasteiger partial charge in [0, 0.05) is 34.5 Å². The third-order valence-electron chi connectivity index (χ3n) is 7.77. The second kappa shape index (κ2) is 12.5. The molecule has 0 amide bonds. The zero-order valence-electron chi connectivity index (χ0n) is 25.4. The van der Waals surface area contributed by atoms with Crippen molar-refractivity contribution >= 4 is 19.6 Å². The Balaban J connectivity index is 1.86. The summed E-state index contributed by atoms with van der Waals surface area (Å²) in [6, 6.07) is 32.4. The number of ether oxygens (including phenoxy) is 1. The van der Waals surface area contributed by atoms with E-state index in [9.17, 15) is 0 Å². The van der Waals surface area contributed by atoms with Crippen LogP contribution in [0.3, 0.4) is 0 Å². The third kappa shape index (κ3) is 6.56. The van der Waals surface area contributed by atoms with Crippen LogP contribution in [0.1, 0.15) is 80.0 Å². The molecule has 0 fully saturated rings. The Morgan fingerprint density at radius 2 is 1.43 bits per heavy atom. The molecule has 0 saturated carbocycles. The highest BCUT2D eigenvalue weighted by Crippen LogP contribution is 2.51. The molecular weight excluding hydrogens is 505 g/mol. The normalized spacial score (nSPS) is 13.9. The van der Waals surface area contributed by atoms with Crippen molar-refractivity contribution < 1.29 is 4.74 Å². The first-order chi connectivity index (χ1) is 19.1. The van der Waals surface area contributed by atoms with Crippen molar-refractivity contribution in [3.63, 3.8) is 0 Å². The van der Waals surface area contributed by atoms with Gasteiger partial charge in [-0.05, 0) is 42.1 Å². The smallest absolute Gasteiger partial charge is 0.127 e. The van der Waals surface area contributed by atoms with Crippen LogP contribution in [0.2, 0.25) is 0 Å². The average Bonchev–Trinajstić information content (AvgIpc) is 2.94. The van der Waals surface area contributed by atoms with Gasteiger partial charge in [-0.25, -0.2) is 0 Å². The van der Waals surface area contributed by atoms with E-state index in [1.807, 2.05) is 7.05 Å². The molecule has 0 N–H and O–H groups in total. The molecule has 40 heavy (non-hydrogen) atoms. The first-order valence-electron chi connectivity index (χ1n) is 14.3. The molecule has 0 aromatic heterocycles. The number of nitrogens with zero attached hydrogens (tertiary/aromatic N) is 1. The van der Waals surface area contributed by atoms with Crippen molar-refractivity contribution in [2.45, 2.75) is 72.1 Å². The highest BCUT2D eigenvalue weighted by atomic mass is 31.1. The molecule has 4 rings (SSSR count). The highest BCUT2D eigenvalue weighted by Gasteiger charge is 2.34. The molecule has 4 aromatic rings. The molecule has 3 heteroatoms. The lowest BCUT2D eigenvalue weighted by molar-refractivity contribution is 0.291. The standard InChI is InChI=1S/C37H44NOP/c1-9-37(7,40-35-27(3)17-16-22-30(35)33(38-8)29-20-14-11-15-21-29)32-24-26(2)23-31(36(4,5)6)34(32)39-25-28-18-12-10-13-19-28/h10-24,40H,9,25H2,1-8H3/b38-33+. The van der Waals surface area contributed by atoms with Crippen molar-refractivity contribution in [2.75, 3.05) is 7.05 Å². The van der Waals surface area contributed by atoms with Gasteiger partial charge < -0.3 is 4.74 Å². The second-order valence-corrected chi connectivity index (χ2v) is 13.8. The van der Waals surface area contributed by atoms with Crippen molar-refractivity contribution in [1.29, 1.82) is 0 Å². The van der Waals surface area contributed by atoms with Crippen LogP contribution in [0.4, 0.5) is 0 Å². The van der Waals surface area contributed by atoms with E-state index in [1.54, 1.807) is 0 Å². The maximum Gasteiger partial charge on any atom is 0.127 e. The summed E-state index contributed by atoms with van der Waals surface area (Å²) >= 11 is 0. The first kappa shape index (κ1) is 29.8. The largest absolute Gasteiger partial charge is 0.488 e. The minimum atomic E-state index is -0.117. The van der Waals surface area contributed by atoms with Crippen LogP contribution in [0.15, 0.2) is 96.0 Å². The number of aryl methyl sites for hydroxylation is 2. The van der Waals surface area contributed by atoms with Gasteiger partial charge in [0.05, 0.1) is 5.71 Å². The molecule has 0 aliphatic carbocycles. The molecule has 0 spiro atoms. The fraction of sp³-hybridized carbons (Fsp3) is 0.324. The van der Waals surface area contributed by atoms with Crippen molar-refractivity contribution in [3.8, 4) is 5.75 Å². The molecule has 0 aliphatic rings. The van der Waals surface area contributed by atoms with Crippen LogP contribution < -0.4 is 10.0 Å². The van der Waals surface area contributed by atoms with Crippen LogP contribution in [-0.2, 0) is 17.2 Å². The molecule has 0 aliphatic heterocycles. The minimum Gasteiger partial charge on any atom is -0.488 e. The number of hydrogen-bond acceptors (Lipinski definition) is 2. The Morgan fingerprint density at radius 3 is 2.02 bits per heavy atom. The Morgan fingerprint density at radius 1 is 0.800 bits per heavy atom. The van der Waals surface area contributed by atoms with Crippen molar-refractivity contribution in [2.24, 2.45) is 4.99 Å². The molecule has 0 heterocycles. The van der Waals surface area contributed by atoms with Gasteiger partial charge in [0.2, 0.25) is 0 Å². The Kier molecular flexibility index (Phi) is 9.32. The van der Waals surface area contributed by atoms with Gasteiger partial charge in [-0.3, -0.25) is 4.99 Å². The summed E-state index contributed by atoms with van der Waals surface area (Å²) in [6.45, 7) is 16.6. The lowest BCUT2D eigenvalue weighted by atomic mass is 9.81. The van der Waals surface area contributed by atoms with E-state index in [0.29, 0.717) is 15.2 Å². The number of benzene rings is 4. The topological polar surface area (TPSA) is 21.6 Å². The molecule has 2 unspecified atom stereocenters. The Labute approximate surface area is 243 Å². The summed E-state index contributed by atoms with van der Waals surface area (Å²) < 4.78 is 6.80. The summed E-state index contributed by atoms with van der Waals surface area (Å²) in [6.07, 6.45) is 0.998. The van der Waals surface area contributed by atoms with E-state index < -0.39 is 0 Å². The molecule has 208 valence electrons. The molecule has 4 aromatic carbocycles. The Hall–Kier alpha value is -3.22. The van der Waals surface area contributed by atoms with Gasteiger partial charge in [-0.15, -0.1) is 0 Å². The van der Waals surface area contributed by atoms with Crippen LogP contribution in [-0.4, -0.2) is 12.8 Å². The summed E-state index contributed by atoms with van der Waals surface area (Å²) in [4.78, 5) is 4.80. The van der Waals surface area contributed by atoms with Crippen LogP contribution in [0, 0.1) is 13.8 Å². The first-order valence-corrected chi connectivity index (χ1v) is 15.3. The second-order valence-electron chi connectivity index (χ2n) is 12.0. The quantitative estimate of drug-likeness (QED) is 0.151. The molecular formula is C37H44NOP. The van der Waals surface area contributed by atoms with Gasteiger partial charge in [-0.1, -0.05) is 140 Å². The molecule has 2 atom stereocenters. The van der Waals surface area contributed by atoms with Crippen LogP contribution in [0.25, 0.3) is 0 Å². The van der Waals surface area contributed by atoms with E-state index >= 15 is 0 Å². The van der Waals surface area contributed by atoms with Crippen molar-refractivity contribution in [3.05, 3.63) is 130 Å². The fourth-order valence-electron chi connectivity index (χ4n) is 5.28. The lowest BCUT2D eigenvalue weighted by Gasteiger charge is -2.35.